The summed E-state index contributed by atoms with van der Waals surface area (Å²) in [5.74, 6) is -0.523. The molecule has 193 valence electrons. The number of allylic oxidation sites excluding steroid dienone is 2. The number of carbonyl (C=O) groups excluding carboxylic acids is 3. The summed E-state index contributed by atoms with van der Waals surface area (Å²) in [5, 5.41) is 6.48. The van der Waals surface area contributed by atoms with Crippen LogP contribution in [0.4, 0.5) is 9.59 Å². The Hall–Kier alpha value is -3.49. The average Bonchev–Trinajstić information content (AvgIpc) is 2.94. The second kappa shape index (κ2) is 12.0. The number of piperidine rings is 1. The number of nitrogens with one attached hydrogen (secondary N) is 2. The van der Waals surface area contributed by atoms with Gasteiger partial charge in [0.25, 0.3) is 5.91 Å². The third-order valence-electron chi connectivity index (χ3n) is 7.02. The van der Waals surface area contributed by atoms with E-state index in [1.54, 1.807) is 4.90 Å². The molecule has 0 saturated carbocycles. The number of hydroxylamine groups is 2. The lowest BCUT2D eigenvalue weighted by atomic mass is 9.90. The molecule has 1 aromatic carbocycles. The van der Waals surface area contributed by atoms with Gasteiger partial charge >= 0.3 is 12.1 Å². The zero-order chi connectivity index (χ0) is 25.5. The van der Waals surface area contributed by atoms with Gasteiger partial charge in [-0.25, -0.2) is 9.59 Å². The number of amides is 4. The Kier molecular flexibility index (Phi) is 8.51. The largest absolute Gasteiger partial charge is 0.434 e. The van der Waals surface area contributed by atoms with E-state index in [1.165, 1.54) is 5.56 Å². The van der Waals surface area contributed by atoms with E-state index in [0.717, 1.165) is 30.5 Å². The predicted octanol–water partition coefficient (Wildman–Crippen LogP) is 3.43. The predicted molar refractivity (Wildman–Crippen MR) is 136 cm³/mol. The van der Waals surface area contributed by atoms with Gasteiger partial charge < -0.3 is 25.3 Å². The molecule has 9 heteroatoms. The Bertz CT molecular complexity index is 1000. The van der Waals surface area contributed by atoms with Crippen molar-refractivity contribution in [3.8, 4) is 0 Å². The summed E-state index contributed by atoms with van der Waals surface area (Å²) in [6.45, 7) is 8.11. The Morgan fingerprint density at radius 2 is 1.86 bits per heavy atom. The van der Waals surface area contributed by atoms with Gasteiger partial charge in [0.05, 0.1) is 12.5 Å². The number of hydrogen-bond donors (Lipinski definition) is 2. The molecular formula is C27H36N5O4. The molecule has 0 aromatic heterocycles. The Labute approximate surface area is 213 Å². The van der Waals surface area contributed by atoms with Crippen molar-refractivity contribution < 1.29 is 19.2 Å². The van der Waals surface area contributed by atoms with Crippen LogP contribution >= 0.6 is 0 Å². The number of nitrogens with zero attached hydrogens (tertiary/aromatic N) is 3. The second-order valence-electron chi connectivity index (χ2n) is 9.66. The van der Waals surface area contributed by atoms with Crippen LogP contribution in [0.3, 0.4) is 0 Å². The molecule has 0 spiro atoms. The molecule has 9 nitrogen and oxygen atoms in total. The monoisotopic (exact) mass is 494 g/mol. The molecule has 3 aliphatic heterocycles. The molecule has 1 unspecified atom stereocenters. The second-order valence-corrected chi connectivity index (χ2v) is 9.66. The number of dihydropyridines is 1. The van der Waals surface area contributed by atoms with Gasteiger partial charge in [-0.05, 0) is 55.7 Å². The highest BCUT2D eigenvalue weighted by atomic mass is 16.7. The molecule has 3 aliphatic rings. The number of rotatable bonds is 5. The summed E-state index contributed by atoms with van der Waals surface area (Å²) in [6.07, 6.45) is 6.47. The lowest BCUT2D eigenvalue weighted by Crippen LogP contribution is -2.50. The first kappa shape index (κ1) is 25.6. The molecule has 2 saturated heterocycles. The zero-order valence-corrected chi connectivity index (χ0v) is 21.1. The van der Waals surface area contributed by atoms with Crippen LogP contribution in [0.25, 0.3) is 0 Å². The van der Waals surface area contributed by atoms with Crippen molar-refractivity contribution in [2.75, 3.05) is 32.7 Å². The average molecular weight is 495 g/mol. The quantitative estimate of drug-likeness (QED) is 0.652. The van der Waals surface area contributed by atoms with E-state index in [2.05, 4.69) is 27.7 Å². The Morgan fingerprint density at radius 3 is 2.56 bits per heavy atom. The van der Waals surface area contributed by atoms with Gasteiger partial charge in [-0.15, -0.1) is 0 Å². The van der Waals surface area contributed by atoms with Crippen molar-refractivity contribution in [3.63, 3.8) is 0 Å². The Morgan fingerprint density at radius 1 is 1.11 bits per heavy atom. The van der Waals surface area contributed by atoms with Crippen molar-refractivity contribution >= 4 is 18.0 Å². The van der Waals surface area contributed by atoms with Gasteiger partial charge in [0.15, 0.2) is 0 Å². The molecule has 1 aromatic rings. The SMILES string of the molecule is CCC1CN(C2=CC(C)=CN[CH]2)CCNC(=O)N(OC(=O)N2CCC(Cc3ccccc3)CC2)C1=O. The summed E-state index contributed by atoms with van der Waals surface area (Å²) < 4.78 is 0. The number of urea groups is 1. The van der Waals surface area contributed by atoms with E-state index in [9.17, 15) is 14.4 Å². The van der Waals surface area contributed by atoms with Crippen LogP contribution in [-0.2, 0) is 16.1 Å². The van der Waals surface area contributed by atoms with Crippen LogP contribution in [-0.4, -0.2) is 65.6 Å². The van der Waals surface area contributed by atoms with Gasteiger partial charge in [-0.2, -0.15) is 0 Å². The highest BCUT2D eigenvalue weighted by molar-refractivity contribution is 5.95. The van der Waals surface area contributed by atoms with Crippen molar-refractivity contribution in [1.82, 2.24) is 25.5 Å². The number of carbonyl (C=O) groups is 3. The fraction of sp³-hybridized carbons (Fsp3) is 0.481. The van der Waals surface area contributed by atoms with Crippen LogP contribution in [0, 0.1) is 18.4 Å². The molecule has 2 N–H and O–H groups in total. The van der Waals surface area contributed by atoms with Crippen LogP contribution in [0.15, 0.2) is 53.9 Å². The summed E-state index contributed by atoms with van der Waals surface area (Å²) in [5.41, 5.74) is 3.30. The number of imide groups is 1. The lowest BCUT2D eigenvalue weighted by molar-refractivity contribution is -0.160. The standard InChI is InChI=1S/C27H36N5O4/c1-3-23-19-31(24-15-20(2)17-28-18-24)14-11-29-26(34)32(25(23)33)36-27(35)30-12-9-22(10-13-30)16-21-7-5-4-6-8-21/h4-8,15,17-18,22-23,28H,3,9-14,16,19H2,1-2H3,(H,29,34). The fourth-order valence-electron chi connectivity index (χ4n) is 4.86. The van der Waals surface area contributed by atoms with E-state index >= 15 is 0 Å². The summed E-state index contributed by atoms with van der Waals surface area (Å²) in [4.78, 5) is 48.2. The van der Waals surface area contributed by atoms with Crippen LogP contribution in [0.2, 0.25) is 0 Å². The normalized spacial score (nSPS) is 21.9. The molecule has 2 fully saturated rings. The summed E-state index contributed by atoms with van der Waals surface area (Å²) >= 11 is 0. The van der Waals surface area contributed by atoms with E-state index in [1.807, 2.05) is 50.9 Å². The van der Waals surface area contributed by atoms with Gasteiger partial charge in [-0.3, -0.25) is 4.79 Å². The summed E-state index contributed by atoms with van der Waals surface area (Å²) in [7, 11) is 0. The molecule has 1 atom stereocenters. The van der Waals surface area contributed by atoms with Crippen LogP contribution in [0.5, 0.6) is 0 Å². The number of likely N-dealkylation sites (tertiary alicyclic amines) is 1. The van der Waals surface area contributed by atoms with Gasteiger partial charge in [0.1, 0.15) is 0 Å². The van der Waals surface area contributed by atoms with Gasteiger partial charge in [0.2, 0.25) is 0 Å². The summed E-state index contributed by atoms with van der Waals surface area (Å²) in [6, 6.07) is 9.63. The highest BCUT2D eigenvalue weighted by Gasteiger charge is 2.36. The maximum Gasteiger partial charge on any atom is 0.434 e. The van der Waals surface area contributed by atoms with Crippen molar-refractivity contribution in [2.45, 2.75) is 39.5 Å². The molecule has 36 heavy (non-hydrogen) atoms. The van der Waals surface area contributed by atoms with E-state index in [-0.39, 0.29) is 0 Å². The minimum Gasteiger partial charge on any atom is -0.380 e. The number of hydrogen-bond acceptors (Lipinski definition) is 6. The molecule has 4 amide bonds. The first-order valence-corrected chi connectivity index (χ1v) is 12.8. The van der Waals surface area contributed by atoms with Crippen molar-refractivity contribution in [1.29, 1.82) is 0 Å². The third kappa shape index (κ3) is 6.38. The first-order valence-electron chi connectivity index (χ1n) is 12.8. The maximum absolute atomic E-state index is 13.3. The molecule has 4 rings (SSSR count). The van der Waals surface area contributed by atoms with Gasteiger partial charge in [-0.1, -0.05) is 42.3 Å². The Balaban J connectivity index is 1.37. The van der Waals surface area contributed by atoms with Crippen molar-refractivity contribution in [2.24, 2.45) is 11.8 Å². The van der Waals surface area contributed by atoms with E-state index in [4.69, 9.17) is 4.84 Å². The van der Waals surface area contributed by atoms with Gasteiger partial charge in [0, 0.05) is 44.6 Å². The highest BCUT2D eigenvalue weighted by Crippen LogP contribution is 2.23. The number of benzene rings is 1. The third-order valence-corrected chi connectivity index (χ3v) is 7.02. The minimum atomic E-state index is -0.705. The molecule has 0 bridgehead atoms. The molecular weight excluding hydrogens is 458 g/mol. The lowest BCUT2D eigenvalue weighted by Gasteiger charge is -2.33. The van der Waals surface area contributed by atoms with Crippen LogP contribution in [0.1, 0.15) is 38.7 Å². The van der Waals surface area contributed by atoms with Crippen molar-refractivity contribution in [3.05, 3.63) is 66.0 Å². The molecule has 3 heterocycles. The first-order chi connectivity index (χ1) is 17.4. The zero-order valence-electron chi connectivity index (χ0n) is 21.1. The van der Waals surface area contributed by atoms with E-state index < -0.39 is 23.9 Å². The maximum atomic E-state index is 13.3. The fourth-order valence-corrected chi connectivity index (χ4v) is 4.86. The smallest absolute Gasteiger partial charge is 0.380 e. The van der Waals surface area contributed by atoms with E-state index in [0.29, 0.717) is 50.1 Å². The minimum absolute atomic E-state index is 0.315. The molecule has 1 radical (unpaired) electrons. The molecule has 0 aliphatic carbocycles. The topological polar surface area (TPSA) is 94.2 Å². The van der Waals surface area contributed by atoms with Crippen LogP contribution < -0.4 is 10.6 Å².